The molecule has 0 bridgehead atoms. The summed E-state index contributed by atoms with van der Waals surface area (Å²) >= 11 is 0. The van der Waals surface area contributed by atoms with Crippen LogP contribution >= 0.6 is 0 Å². The Morgan fingerprint density at radius 1 is 1.47 bits per heavy atom. The van der Waals surface area contributed by atoms with Crippen molar-refractivity contribution in [1.29, 1.82) is 0 Å². The number of benzene rings is 1. The molecule has 17 heavy (non-hydrogen) atoms. The molecule has 4 heteroatoms. The van der Waals surface area contributed by atoms with Gasteiger partial charge in [-0.05, 0) is 19.1 Å². The number of rotatable bonds is 5. The van der Waals surface area contributed by atoms with Crippen LogP contribution in [0, 0.1) is 5.82 Å². The Labute approximate surface area is 100 Å². The average molecular weight is 237 g/mol. The Bertz CT molecular complexity index is 416. The van der Waals surface area contributed by atoms with Crippen LogP contribution in [0.1, 0.15) is 6.92 Å². The smallest absolute Gasteiger partial charge is 0.197 e. The fourth-order valence-electron chi connectivity index (χ4n) is 1.16. The maximum atomic E-state index is 12.9. The van der Waals surface area contributed by atoms with E-state index >= 15 is 0 Å². The lowest BCUT2D eigenvalue weighted by Crippen LogP contribution is -2.22. The van der Waals surface area contributed by atoms with Crippen LogP contribution in [0.25, 0.3) is 0 Å². The zero-order chi connectivity index (χ0) is 12.8. The Morgan fingerprint density at radius 2 is 2.18 bits per heavy atom. The lowest BCUT2D eigenvalue weighted by atomic mass is 10.2. The van der Waals surface area contributed by atoms with Crippen molar-refractivity contribution in [1.82, 2.24) is 4.90 Å². The molecule has 1 aromatic rings. The van der Waals surface area contributed by atoms with Gasteiger partial charge in [-0.3, -0.25) is 4.79 Å². The molecule has 3 nitrogen and oxygen atoms in total. The minimum absolute atomic E-state index is 0.164. The minimum Gasteiger partial charge on any atom is -0.482 e. The summed E-state index contributed by atoms with van der Waals surface area (Å²) in [6, 6.07) is 5.73. The van der Waals surface area contributed by atoms with E-state index in [1.807, 2.05) is 14.1 Å². The summed E-state index contributed by atoms with van der Waals surface area (Å²) in [6.45, 7) is 1.63. The number of ether oxygens (including phenoxy) is 1. The van der Waals surface area contributed by atoms with Crippen molar-refractivity contribution in [3.63, 3.8) is 0 Å². The third-order valence-electron chi connectivity index (χ3n) is 2.05. The molecule has 0 aromatic heterocycles. The number of hydrogen-bond acceptors (Lipinski definition) is 3. The Kier molecular flexibility index (Phi) is 4.69. The van der Waals surface area contributed by atoms with E-state index < -0.39 is 6.10 Å². The molecule has 0 heterocycles. The van der Waals surface area contributed by atoms with Crippen molar-refractivity contribution in [3.05, 3.63) is 42.4 Å². The second kappa shape index (κ2) is 6.03. The van der Waals surface area contributed by atoms with Crippen LogP contribution in [0.4, 0.5) is 4.39 Å². The monoisotopic (exact) mass is 237 g/mol. The number of carbonyl (C=O) groups is 1. The second-order valence-corrected chi connectivity index (χ2v) is 3.90. The van der Waals surface area contributed by atoms with Gasteiger partial charge >= 0.3 is 0 Å². The second-order valence-electron chi connectivity index (χ2n) is 3.90. The van der Waals surface area contributed by atoms with Gasteiger partial charge in [0.15, 0.2) is 11.9 Å². The first kappa shape index (κ1) is 13.2. The molecule has 0 saturated heterocycles. The molecule has 0 spiro atoms. The number of nitrogens with zero attached hydrogens (tertiary/aromatic N) is 1. The first-order valence-electron chi connectivity index (χ1n) is 5.29. The standard InChI is InChI=1S/C13H16FNO2/c1-10(13(16)7-8-15(2)3)17-12-6-4-5-11(14)9-12/h4-10H,1-3H3/b8-7+. The SMILES string of the molecule is CC(Oc1cccc(F)c1)C(=O)/C=C/N(C)C. The fourth-order valence-corrected chi connectivity index (χ4v) is 1.16. The zero-order valence-electron chi connectivity index (χ0n) is 10.2. The molecule has 1 rings (SSSR count). The summed E-state index contributed by atoms with van der Waals surface area (Å²) in [5.41, 5.74) is 0. The van der Waals surface area contributed by atoms with E-state index in [1.54, 1.807) is 24.1 Å². The van der Waals surface area contributed by atoms with E-state index in [9.17, 15) is 9.18 Å². The van der Waals surface area contributed by atoms with Crippen LogP contribution in [-0.2, 0) is 4.79 Å². The van der Waals surface area contributed by atoms with Crippen LogP contribution in [0.5, 0.6) is 5.75 Å². The summed E-state index contributed by atoms with van der Waals surface area (Å²) in [5.74, 6) is -0.196. The fraction of sp³-hybridized carbons (Fsp3) is 0.308. The third-order valence-corrected chi connectivity index (χ3v) is 2.05. The molecular weight excluding hydrogens is 221 g/mol. The first-order valence-corrected chi connectivity index (χ1v) is 5.29. The van der Waals surface area contributed by atoms with Gasteiger partial charge in [-0.25, -0.2) is 4.39 Å². The first-order chi connectivity index (χ1) is 7.99. The maximum Gasteiger partial charge on any atom is 0.197 e. The largest absolute Gasteiger partial charge is 0.482 e. The van der Waals surface area contributed by atoms with Gasteiger partial charge in [0, 0.05) is 32.4 Å². The van der Waals surface area contributed by atoms with Gasteiger partial charge in [0.25, 0.3) is 0 Å². The van der Waals surface area contributed by atoms with E-state index in [1.165, 1.54) is 24.3 Å². The van der Waals surface area contributed by atoms with Crippen molar-refractivity contribution in [2.45, 2.75) is 13.0 Å². The highest BCUT2D eigenvalue weighted by molar-refractivity contribution is 5.93. The van der Waals surface area contributed by atoms with E-state index in [4.69, 9.17) is 4.74 Å². The van der Waals surface area contributed by atoms with Gasteiger partial charge in [0.2, 0.25) is 0 Å². The number of hydrogen-bond donors (Lipinski definition) is 0. The predicted octanol–water partition coefficient (Wildman–Crippen LogP) is 2.24. The van der Waals surface area contributed by atoms with E-state index in [2.05, 4.69) is 0 Å². The van der Waals surface area contributed by atoms with Gasteiger partial charge in [-0.2, -0.15) is 0 Å². The predicted molar refractivity (Wildman–Crippen MR) is 64.3 cm³/mol. The molecule has 1 unspecified atom stereocenters. The highest BCUT2D eigenvalue weighted by Crippen LogP contribution is 2.14. The zero-order valence-corrected chi connectivity index (χ0v) is 10.2. The molecule has 1 aromatic carbocycles. The van der Waals surface area contributed by atoms with E-state index in [-0.39, 0.29) is 11.6 Å². The molecule has 0 saturated carbocycles. The quantitative estimate of drug-likeness (QED) is 0.735. The topological polar surface area (TPSA) is 29.5 Å². The molecule has 0 aliphatic rings. The molecule has 0 N–H and O–H groups in total. The van der Waals surface area contributed by atoms with Gasteiger partial charge in [-0.15, -0.1) is 0 Å². The lowest BCUT2D eigenvalue weighted by Gasteiger charge is -2.12. The molecule has 1 atom stereocenters. The number of carbonyl (C=O) groups excluding carboxylic acids is 1. The summed E-state index contributed by atoms with van der Waals surface area (Å²) < 4.78 is 18.2. The lowest BCUT2D eigenvalue weighted by molar-refractivity contribution is -0.120. The Morgan fingerprint density at radius 3 is 2.76 bits per heavy atom. The molecule has 0 fully saturated rings. The summed E-state index contributed by atoms with van der Waals surface area (Å²) in [6.07, 6.45) is 2.45. The summed E-state index contributed by atoms with van der Waals surface area (Å²) in [4.78, 5) is 13.4. The number of halogens is 1. The summed E-state index contributed by atoms with van der Waals surface area (Å²) in [7, 11) is 3.64. The summed E-state index contributed by atoms with van der Waals surface area (Å²) in [5, 5.41) is 0. The van der Waals surface area contributed by atoms with Gasteiger partial charge in [0.1, 0.15) is 11.6 Å². The van der Waals surface area contributed by atoms with Crippen LogP contribution in [0.15, 0.2) is 36.5 Å². The van der Waals surface area contributed by atoms with Crippen LogP contribution < -0.4 is 4.74 Å². The van der Waals surface area contributed by atoms with E-state index in [0.717, 1.165) is 0 Å². The van der Waals surface area contributed by atoms with Crippen molar-refractivity contribution in [2.75, 3.05) is 14.1 Å². The highest BCUT2D eigenvalue weighted by Gasteiger charge is 2.11. The van der Waals surface area contributed by atoms with Crippen molar-refractivity contribution < 1.29 is 13.9 Å². The molecular formula is C13H16FNO2. The van der Waals surface area contributed by atoms with Crippen LogP contribution in [-0.4, -0.2) is 30.9 Å². The van der Waals surface area contributed by atoms with Crippen molar-refractivity contribution >= 4 is 5.78 Å². The molecule has 92 valence electrons. The maximum absolute atomic E-state index is 12.9. The Hall–Kier alpha value is -1.84. The van der Waals surface area contributed by atoms with Gasteiger partial charge in [-0.1, -0.05) is 6.07 Å². The normalized spacial score (nSPS) is 12.5. The van der Waals surface area contributed by atoms with Gasteiger partial charge in [0.05, 0.1) is 0 Å². The third kappa shape index (κ3) is 4.68. The molecule has 0 radical (unpaired) electrons. The molecule has 0 aliphatic heterocycles. The van der Waals surface area contributed by atoms with Crippen molar-refractivity contribution in [3.8, 4) is 5.75 Å². The van der Waals surface area contributed by atoms with E-state index in [0.29, 0.717) is 5.75 Å². The average Bonchev–Trinajstić information content (AvgIpc) is 2.25. The van der Waals surface area contributed by atoms with Crippen LogP contribution in [0.2, 0.25) is 0 Å². The highest BCUT2D eigenvalue weighted by atomic mass is 19.1. The minimum atomic E-state index is -0.631. The molecule has 0 aliphatic carbocycles. The van der Waals surface area contributed by atoms with Gasteiger partial charge < -0.3 is 9.64 Å². The van der Waals surface area contributed by atoms with Crippen LogP contribution in [0.3, 0.4) is 0 Å². The number of ketones is 1. The van der Waals surface area contributed by atoms with Crippen molar-refractivity contribution in [2.24, 2.45) is 0 Å². The molecule has 0 amide bonds. The Balaban J connectivity index is 2.60.